The highest BCUT2D eigenvalue weighted by Gasteiger charge is 1.96. The lowest BCUT2D eigenvalue weighted by atomic mass is 10.5. The van der Waals surface area contributed by atoms with Crippen LogP contribution in [-0.2, 0) is 4.74 Å². The van der Waals surface area contributed by atoms with Crippen molar-refractivity contribution in [2.45, 2.75) is 19.9 Å². The van der Waals surface area contributed by atoms with Crippen molar-refractivity contribution >= 4 is 17.0 Å². The van der Waals surface area contributed by atoms with Crippen LogP contribution in [0.1, 0.15) is 15.2 Å². The van der Waals surface area contributed by atoms with Gasteiger partial charge in [0.1, 0.15) is 0 Å². The molecule has 0 heterocycles. The Balaban J connectivity index is 3.55. The van der Waals surface area contributed by atoms with E-state index in [4.69, 9.17) is 13.0 Å². The lowest BCUT2D eigenvalue weighted by Gasteiger charge is -2.00. The average Bonchev–Trinajstić information content (AvgIpc) is 1.21. The van der Waals surface area contributed by atoms with Gasteiger partial charge in [0.15, 0.2) is 0 Å². The van der Waals surface area contributed by atoms with Gasteiger partial charge < -0.3 is 4.74 Å². The average molecular weight is 124 g/mol. The fraction of sp³-hybridized carbons (Fsp3) is 0.750. The van der Waals surface area contributed by atoms with Gasteiger partial charge in [-0.25, -0.2) is 4.79 Å². The lowest BCUT2D eigenvalue weighted by Crippen LogP contribution is -2.03. The van der Waals surface area contributed by atoms with E-state index in [1.54, 1.807) is 0 Å². The number of ether oxygens (including phenoxy) is 1. The van der Waals surface area contributed by atoms with Gasteiger partial charge in [-0.3, -0.25) is 0 Å². The van der Waals surface area contributed by atoms with Crippen molar-refractivity contribution in [2.75, 3.05) is 0 Å². The molecule has 0 N–H and O–H groups in total. The highest BCUT2D eigenvalue weighted by atomic mass is 35.5. The lowest BCUT2D eigenvalue weighted by molar-refractivity contribution is 0.141. The quantitative estimate of drug-likeness (QED) is 0.497. The Morgan fingerprint density at radius 3 is 2.43 bits per heavy atom. The molecule has 0 bridgehead atoms. The van der Waals surface area contributed by atoms with E-state index in [0.717, 1.165) is 0 Å². The van der Waals surface area contributed by atoms with Crippen LogP contribution in [0.25, 0.3) is 0 Å². The maximum Gasteiger partial charge on any atom is 0.404 e. The fourth-order valence-corrected chi connectivity index (χ4v) is 0.315. The van der Waals surface area contributed by atoms with Gasteiger partial charge in [-0.05, 0) is 13.8 Å². The molecule has 0 amide bonds. The van der Waals surface area contributed by atoms with E-state index >= 15 is 0 Å². The van der Waals surface area contributed by atoms with Crippen molar-refractivity contribution in [2.24, 2.45) is 0 Å². The summed E-state index contributed by atoms with van der Waals surface area (Å²) in [5, 5.41) is 0. The van der Waals surface area contributed by atoms with Crippen molar-refractivity contribution in [3.05, 3.63) is 0 Å². The van der Waals surface area contributed by atoms with Gasteiger partial charge in [0.2, 0.25) is 0 Å². The Bertz CT molecular complexity index is 96.7. The van der Waals surface area contributed by atoms with Crippen molar-refractivity contribution in [1.29, 1.82) is 0 Å². The van der Waals surface area contributed by atoms with E-state index in [1.807, 2.05) is 0 Å². The predicted molar refractivity (Wildman–Crippen MR) is 27.5 cm³/mol. The highest BCUT2D eigenvalue weighted by molar-refractivity contribution is 6.61. The molecule has 0 aromatic rings. The summed E-state index contributed by atoms with van der Waals surface area (Å²) in [4.78, 5) is 9.88. The second-order valence-electron chi connectivity index (χ2n) is 1.25. The minimum atomic E-state index is -1.21. The first kappa shape index (κ1) is 4.91. The summed E-state index contributed by atoms with van der Waals surface area (Å²) < 4.78 is 11.2. The molecule has 2 nitrogen and oxygen atoms in total. The van der Waals surface area contributed by atoms with Gasteiger partial charge in [-0.15, -0.1) is 0 Å². The van der Waals surface area contributed by atoms with Crippen LogP contribution < -0.4 is 0 Å². The fourth-order valence-electron chi connectivity index (χ4n) is 0.160. The maximum atomic E-state index is 9.88. The third-order valence-corrected chi connectivity index (χ3v) is 0.362. The second kappa shape index (κ2) is 2.86. The Hall–Kier alpha value is -0.240. The van der Waals surface area contributed by atoms with Gasteiger partial charge in [0.25, 0.3) is 0 Å². The number of hydrogen-bond acceptors (Lipinski definition) is 2. The first-order valence-electron chi connectivity index (χ1n) is 2.30. The van der Waals surface area contributed by atoms with Crippen LogP contribution >= 0.6 is 11.6 Å². The van der Waals surface area contributed by atoms with Gasteiger partial charge in [0, 0.05) is 11.6 Å². The molecular formula is C4H7ClO2. The number of rotatable bonds is 1. The molecule has 0 atom stereocenters. The van der Waals surface area contributed by atoms with Crippen LogP contribution in [-0.4, -0.2) is 11.5 Å². The molecule has 0 saturated heterocycles. The van der Waals surface area contributed by atoms with Crippen LogP contribution in [0.4, 0.5) is 4.79 Å². The summed E-state index contributed by atoms with van der Waals surface area (Å²) in [6.45, 7) is 2.85. The number of halogens is 1. The molecule has 0 saturated carbocycles. The monoisotopic (exact) mass is 123 g/mol. The molecule has 0 aliphatic carbocycles. The maximum absolute atomic E-state index is 9.88. The summed E-state index contributed by atoms with van der Waals surface area (Å²) in [6.07, 6.45) is -1.21. The van der Waals surface area contributed by atoms with Gasteiger partial charge in [-0.1, -0.05) is 0 Å². The normalized spacial score (nSPS) is 12.7. The van der Waals surface area contributed by atoms with Crippen molar-refractivity contribution in [3.63, 3.8) is 0 Å². The summed E-state index contributed by atoms with van der Waals surface area (Å²) in [6, 6.07) is 0. The molecule has 0 aliphatic heterocycles. The minimum Gasteiger partial charge on any atom is -0.451 e. The summed E-state index contributed by atoms with van der Waals surface area (Å²) in [5.74, 6) is 0. The zero-order chi connectivity index (χ0) is 6.78. The Morgan fingerprint density at radius 2 is 2.43 bits per heavy atom. The number of hydrogen-bond donors (Lipinski definition) is 0. The zero-order valence-corrected chi connectivity index (χ0v) is 4.95. The van der Waals surface area contributed by atoms with Crippen molar-refractivity contribution < 1.29 is 10.9 Å². The molecule has 0 aromatic heterocycles. The Labute approximate surface area is 48.8 Å². The van der Waals surface area contributed by atoms with Crippen LogP contribution in [0.2, 0.25) is 0 Å². The summed E-state index contributed by atoms with van der Waals surface area (Å²) in [7, 11) is 0. The topological polar surface area (TPSA) is 26.3 Å². The molecule has 3 heteroatoms. The Kier molecular flexibility index (Phi) is 2.00. The van der Waals surface area contributed by atoms with E-state index < -0.39 is 11.5 Å². The van der Waals surface area contributed by atoms with Crippen LogP contribution in [0, 0.1) is 0 Å². The molecule has 0 rings (SSSR count). The molecule has 7 heavy (non-hydrogen) atoms. The van der Waals surface area contributed by atoms with Crippen LogP contribution in [0.3, 0.4) is 0 Å². The van der Waals surface area contributed by atoms with E-state index in [-0.39, 0.29) is 0 Å². The standard InChI is InChI=1S/C4H7ClO2/c1-3(2)7-4(5)6/h3H,1-2H3/i3D. The largest absolute Gasteiger partial charge is 0.451 e. The third-order valence-electron chi connectivity index (χ3n) is 0.284. The molecule has 0 radical (unpaired) electrons. The zero-order valence-electron chi connectivity index (χ0n) is 5.19. The molecule has 42 valence electrons. The summed E-state index contributed by atoms with van der Waals surface area (Å²) in [5.41, 5.74) is -0.940. The van der Waals surface area contributed by atoms with E-state index in [2.05, 4.69) is 4.74 Å². The van der Waals surface area contributed by atoms with Crippen molar-refractivity contribution in [1.82, 2.24) is 0 Å². The summed E-state index contributed by atoms with van der Waals surface area (Å²) >= 11 is 4.78. The highest BCUT2D eigenvalue weighted by Crippen LogP contribution is 1.92. The molecule has 0 aromatic carbocycles. The van der Waals surface area contributed by atoms with Gasteiger partial charge in [0.05, 0.1) is 7.45 Å². The first-order valence-corrected chi connectivity index (χ1v) is 2.18. The SMILES string of the molecule is [2H]C(C)(C)OC(=O)Cl. The Morgan fingerprint density at radius 1 is 2.00 bits per heavy atom. The van der Waals surface area contributed by atoms with Crippen LogP contribution in [0.15, 0.2) is 0 Å². The molecule has 0 spiro atoms. The number of carbonyl (C=O) groups excluding carboxylic acids is 1. The van der Waals surface area contributed by atoms with E-state index in [9.17, 15) is 4.79 Å². The van der Waals surface area contributed by atoms with Crippen molar-refractivity contribution in [3.8, 4) is 0 Å². The first-order chi connectivity index (χ1) is 3.42. The second-order valence-corrected chi connectivity index (χ2v) is 1.56. The minimum absolute atomic E-state index is 0.940. The molecular weight excluding hydrogens is 115 g/mol. The van der Waals surface area contributed by atoms with E-state index in [1.165, 1.54) is 13.8 Å². The smallest absolute Gasteiger partial charge is 0.404 e. The molecule has 0 fully saturated rings. The van der Waals surface area contributed by atoms with E-state index in [0.29, 0.717) is 0 Å². The number of carbonyl (C=O) groups is 1. The van der Waals surface area contributed by atoms with Gasteiger partial charge in [-0.2, -0.15) is 0 Å². The molecule has 0 unspecified atom stereocenters. The van der Waals surface area contributed by atoms with Crippen LogP contribution in [0.5, 0.6) is 0 Å². The predicted octanol–water partition coefficient (Wildman–Crippen LogP) is 1.77. The third kappa shape index (κ3) is 5.76. The molecule has 0 aliphatic rings. The van der Waals surface area contributed by atoms with Gasteiger partial charge >= 0.3 is 5.43 Å².